The lowest BCUT2D eigenvalue weighted by molar-refractivity contribution is 0.137. The zero-order valence-electron chi connectivity index (χ0n) is 22.2. The first-order valence-corrected chi connectivity index (χ1v) is 14.0. The molecule has 0 spiro atoms. The van der Waals surface area contributed by atoms with Gasteiger partial charge >= 0.3 is 0 Å². The Morgan fingerprint density at radius 2 is 1.71 bits per heavy atom. The van der Waals surface area contributed by atoms with Gasteiger partial charge in [0.25, 0.3) is 0 Å². The Morgan fingerprint density at radius 3 is 2.53 bits per heavy atom. The molecule has 0 amide bonds. The van der Waals surface area contributed by atoms with Gasteiger partial charge in [-0.15, -0.1) is 6.58 Å². The van der Waals surface area contributed by atoms with Gasteiger partial charge in [0.05, 0.1) is 29.3 Å². The minimum Gasteiger partial charge on any atom is -0.341 e. The van der Waals surface area contributed by atoms with E-state index in [9.17, 15) is 0 Å². The van der Waals surface area contributed by atoms with E-state index in [1.54, 1.807) is 0 Å². The largest absolute Gasteiger partial charge is 0.341 e. The van der Waals surface area contributed by atoms with Crippen molar-refractivity contribution in [2.75, 3.05) is 32.7 Å². The third-order valence-corrected chi connectivity index (χ3v) is 8.06. The normalized spacial score (nSPS) is 18.6. The van der Waals surface area contributed by atoms with Gasteiger partial charge in [-0.25, -0.2) is 4.98 Å². The molecule has 1 unspecified atom stereocenters. The molecule has 4 aromatic rings. The number of hydrogen-bond donors (Lipinski definition) is 1. The lowest BCUT2D eigenvalue weighted by Gasteiger charge is -2.35. The van der Waals surface area contributed by atoms with Crippen LogP contribution >= 0.6 is 0 Å². The molecule has 2 aromatic carbocycles. The van der Waals surface area contributed by atoms with Crippen LogP contribution in [0.3, 0.4) is 0 Å². The van der Waals surface area contributed by atoms with Gasteiger partial charge in [-0.1, -0.05) is 48.5 Å². The van der Waals surface area contributed by atoms with Crippen LogP contribution in [0.25, 0.3) is 11.0 Å². The van der Waals surface area contributed by atoms with Crippen LogP contribution in [-0.4, -0.2) is 62.4 Å². The van der Waals surface area contributed by atoms with Crippen LogP contribution in [0, 0.1) is 0 Å². The molecule has 0 bridgehead atoms. The highest BCUT2D eigenvalue weighted by atomic mass is 15.3. The summed E-state index contributed by atoms with van der Waals surface area (Å²) in [6, 6.07) is 22.2. The number of rotatable bonds is 9. The van der Waals surface area contributed by atoms with Crippen LogP contribution in [0.4, 0.5) is 0 Å². The maximum Gasteiger partial charge on any atom is 0.121 e. The Labute approximate surface area is 226 Å². The Kier molecular flexibility index (Phi) is 7.63. The lowest BCUT2D eigenvalue weighted by atomic mass is 9.90. The number of piperazine rings is 1. The second kappa shape index (κ2) is 11.6. The molecule has 0 radical (unpaired) electrons. The van der Waals surface area contributed by atoms with Gasteiger partial charge in [-0.2, -0.15) is 0 Å². The molecule has 1 aliphatic heterocycles. The summed E-state index contributed by atoms with van der Waals surface area (Å²) in [5.41, 5.74) is 7.48. The van der Waals surface area contributed by atoms with E-state index in [2.05, 4.69) is 86.9 Å². The molecule has 2 aromatic heterocycles. The van der Waals surface area contributed by atoms with Crippen molar-refractivity contribution in [1.82, 2.24) is 29.7 Å². The number of aromatic nitrogens is 3. The van der Waals surface area contributed by atoms with Crippen molar-refractivity contribution in [3.05, 3.63) is 108 Å². The zero-order chi connectivity index (χ0) is 25.7. The summed E-state index contributed by atoms with van der Waals surface area (Å²) in [5.74, 6) is 1.02. The van der Waals surface area contributed by atoms with Gasteiger partial charge < -0.3 is 4.98 Å². The predicted molar refractivity (Wildman–Crippen MR) is 154 cm³/mol. The van der Waals surface area contributed by atoms with E-state index in [0.717, 1.165) is 82.1 Å². The van der Waals surface area contributed by atoms with Crippen molar-refractivity contribution in [2.45, 2.75) is 44.9 Å². The highest BCUT2D eigenvalue weighted by Crippen LogP contribution is 2.34. The highest BCUT2D eigenvalue weighted by Gasteiger charge is 2.28. The van der Waals surface area contributed by atoms with E-state index < -0.39 is 0 Å². The van der Waals surface area contributed by atoms with E-state index in [0.29, 0.717) is 6.04 Å². The van der Waals surface area contributed by atoms with Crippen molar-refractivity contribution in [1.29, 1.82) is 0 Å². The van der Waals surface area contributed by atoms with Crippen LogP contribution in [0.2, 0.25) is 0 Å². The molecular weight excluding hydrogens is 468 g/mol. The van der Waals surface area contributed by atoms with Gasteiger partial charge in [-0.05, 0) is 54.2 Å². The van der Waals surface area contributed by atoms with Crippen molar-refractivity contribution >= 4 is 11.0 Å². The molecule has 1 atom stereocenters. The fourth-order valence-corrected chi connectivity index (χ4v) is 6.04. The third-order valence-electron chi connectivity index (χ3n) is 8.06. The fraction of sp³-hybridized carbons (Fsp3) is 0.375. The molecule has 0 saturated carbocycles. The summed E-state index contributed by atoms with van der Waals surface area (Å²) in [6.45, 7) is 12.0. The SMILES string of the molecule is C=CCN1CCN(Cc2ccc(CN(Cc3nc4ccccc4[nH]3)C3CCCc4cccnc43)cc2)CC1. The number of aromatic amines is 1. The Hall–Kier alpha value is -3.32. The molecule has 6 heteroatoms. The van der Waals surface area contributed by atoms with Gasteiger partial charge in [0.2, 0.25) is 0 Å². The topological polar surface area (TPSA) is 51.3 Å². The van der Waals surface area contributed by atoms with Crippen LogP contribution in [-0.2, 0) is 26.1 Å². The lowest BCUT2D eigenvalue weighted by Crippen LogP contribution is -2.45. The number of nitrogens with one attached hydrogen (secondary N) is 1. The van der Waals surface area contributed by atoms with Gasteiger partial charge in [0.15, 0.2) is 0 Å². The molecule has 3 heterocycles. The number of pyridine rings is 1. The number of nitrogens with zero attached hydrogens (tertiary/aromatic N) is 5. The quantitative estimate of drug-likeness (QED) is 0.311. The molecule has 196 valence electrons. The van der Waals surface area contributed by atoms with Crippen molar-refractivity contribution in [3.8, 4) is 0 Å². The monoisotopic (exact) mass is 506 g/mol. The number of fused-ring (bicyclic) bond motifs is 2. The Morgan fingerprint density at radius 1 is 0.921 bits per heavy atom. The van der Waals surface area contributed by atoms with Crippen molar-refractivity contribution < 1.29 is 0 Å². The second-order valence-corrected chi connectivity index (χ2v) is 10.7. The minimum absolute atomic E-state index is 0.291. The molecule has 6 nitrogen and oxygen atoms in total. The van der Waals surface area contributed by atoms with Crippen LogP contribution < -0.4 is 0 Å². The van der Waals surface area contributed by atoms with E-state index in [1.807, 2.05) is 12.3 Å². The number of H-pyrrole nitrogens is 1. The summed E-state index contributed by atoms with van der Waals surface area (Å²) in [7, 11) is 0. The van der Waals surface area contributed by atoms with Gasteiger partial charge in [-0.3, -0.25) is 19.7 Å². The number of benzene rings is 2. The predicted octanol–water partition coefficient (Wildman–Crippen LogP) is 5.34. The summed E-state index contributed by atoms with van der Waals surface area (Å²) in [5, 5.41) is 0. The van der Waals surface area contributed by atoms with Crippen molar-refractivity contribution in [2.24, 2.45) is 0 Å². The maximum atomic E-state index is 4.91. The third kappa shape index (κ3) is 5.73. The van der Waals surface area contributed by atoms with E-state index in [1.165, 1.54) is 28.8 Å². The first kappa shape index (κ1) is 25.0. The first-order chi connectivity index (χ1) is 18.7. The summed E-state index contributed by atoms with van der Waals surface area (Å²) in [6.07, 6.45) is 7.39. The van der Waals surface area contributed by atoms with E-state index in [4.69, 9.17) is 9.97 Å². The summed E-state index contributed by atoms with van der Waals surface area (Å²) in [4.78, 5) is 20.9. The molecule has 6 rings (SSSR count). The molecular formula is C32H38N6. The van der Waals surface area contributed by atoms with Gasteiger partial charge in [0, 0.05) is 52.0 Å². The molecule has 1 saturated heterocycles. The smallest absolute Gasteiger partial charge is 0.121 e. The second-order valence-electron chi connectivity index (χ2n) is 10.7. The van der Waals surface area contributed by atoms with E-state index >= 15 is 0 Å². The molecule has 1 fully saturated rings. The molecule has 1 N–H and O–H groups in total. The number of imidazole rings is 1. The van der Waals surface area contributed by atoms with Gasteiger partial charge in [0.1, 0.15) is 5.82 Å². The fourth-order valence-electron chi connectivity index (χ4n) is 6.04. The summed E-state index contributed by atoms with van der Waals surface area (Å²) >= 11 is 0. The van der Waals surface area contributed by atoms with Crippen molar-refractivity contribution in [3.63, 3.8) is 0 Å². The Balaban J connectivity index is 1.18. The zero-order valence-corrected chi connectivity index (χ0v) is 22.2. The van der Waals surface area contributed by atoms with Crippen LogP contribution in [0.15, 0.2) is 79.5 Å². The van der Waals surface area contributed by atoms with Crippen LogP contribution in [0.1, 0.15) is 47.1 Å². The molecule has 1 aliphatic carbocycles. The summed E-state index contributed by atoms with van der Waals surface area (Å²) < 4.78 is 0. The highest BCUT2D eigenvalue weighted by molar-refractivity contribution is 5.74. The standard InChI is InChI=1S/C32H38N6/c1-2-17-36-18-20-37(21-19-36)22-25-12-14-26(15-13-25)23-38(24-31-34-28-9-3-4-10-29(28)35-31)30-11-5-7-27-8-6-16-33-32(27)30/h2-4,6,8-10,12-16,30H,1,5,7,11,17-24H2,(H,34,35). The average molecular weight is 507 g/mol. The molecule has 38 heavy (non-hydrogen) atoms. The van der Waals surface area contributed by atoms with Crippen LogP contribution in [0.5, 0.6) is 0 Å². The minimum atomic E-state index is 0.291. The maximum absolute atomic E-state index is 4.91. The number of hydrogen-bond acceptors (Lipinski definition) is 5. The number of aryl methyl sites for hydroxylation is 1. The average Bonchev–Trinajstić information content (AvgIpc) is 3.37. The Bertz CT molecular complexity index is 1320. The number of para-hydroxylation sites is 2. The first-order valence-electron chi connectivity index (χ1n) is 14.0. The molecule has 2 aliphatic rings. The van der Waals surface area contributed by atoms with E-state index in [-0.39, 0.29) is 0 Å².